The number of para-hydroxylation sites is 1. The van der Waals surface area contributed by atoms with Gasteiger partial charge in [-0.15, -0.1) is 0 Å². The second-order valence-corrected chi connectivity index (χ2v) is 3.95. The van der Waals surface area contributed by atoms with Crippen molar-refractivity contribution in [1.29, 1.82) is 5.26 Å². The van der Waals surface area contributed by atoms with Crippen molar-refractivity contribution in [3.63, 3.8) is 0 Å². The molecule has 2 aromatic rings. The summed E-state index contributed by atoms with van der Waals surface area (Å²) in [6.07, 6.45) is 0. The molecule has 2 aromatic carbocycles. The molecule has 0 atom stereocenters. The quantitative estimate of drug-likeness (QED) is 0.641. The van der Waals surface area contributed by atoms with Gasteiger partial charge < -0.3 is 9.47 Å². The van der Waals surface area contributed by atoms with E-state index >= 15 is 0 Å². The van der Waals surface area contributed by atoms with Crippen molar-refractivity contribution >= 4 is 5.97 Å². The van der Waals surface area contributed by atoms with Gasteiger partial charge in [0.2, 0.25) is 0 Å². The molecule has 0 aliphatic rings. The number of hydrogen-bond donors (Lipinski definition) is 0. The minimum atomic E-state index is -1.11. The molecule has 0 saturated heterocycles. The average Bonchev–Trinajstić information content (AvgIpc) is 2.49. The van der Waals surface area contributed by atoms with E-state index in [1.165, 1.54) is 12.1 Å². The maximum absolute atomic E-state index is 12.9. The molecule has 0 aliphatic heterocycles. The molecule has 0 N–H and O–H groups in total. The van der Waals surface area contributed by atoms with Gasteiger partial charge in [0.15, 0.2) is 18.2 Å². The monoisotopic (exact) mass is 289 g/mol. The number of carbonyl (C=O) groups excluding carboxylic acids is 1. The molecule has 0 saturated carbocycles. The Balaban J connectivity index is 1.96. The van der Waals surface area contributed by atoms with Crippen molar-refractivity contribution in [2.75, 3.05) is 6.61 Å². The fourth-order valence-electron chi connectivity index (χ4n) is 1.52. The van der Waals surface area contributed by atoms with Crippen LogP contribution in [0.15, 0.2) is 42.5 Å². The van der Waals surface area contributed by atoms with E-state index in [4.69, 9.17) is 14.7 Å². The van der Waals surface area contributed by atoms with Gasteiger partial charge in [-0.1, -0.05) is 12.1 Å². The van der Waals surface area contributed by atoms with Crippen LogP contribution in [-0.4, -0.2) is 12.6 Å². The SMILES string of the molecule is N#Cc1ccccc1OCC(=O)Oc1ccc(F)c(F)c1. The Morgan fingerprint density at radius 3 is 2.62 bits per heavy atom. The van der Waals surface area contributed by atoms with Crippen molar-refractivity contribution in [1.82, 2.24) is 0 Å². The molecule has 2 rings (SSSR count). The molecule has 0 heterocycles. The summed E-state index contributed by atoms with van der Waals surface area (Å²) >= 11 is 0. The molecule has 0 aliphatic carbocycles. The normalized spacial score (nSPS) is 9.76. The van der Waals surface area contributed by atoms with Gasteiger partial charge in [-0.05, 0) is 24.3 Å². The fraction of sp³-hybridized carbons (Fsp3) is 0.0667. The fourth-order valence-corrected chi connectivity index (χ4v) is 1.52. The van der Waals surface area contributed by atoms with Crippen LogP contribution in [0, 0.1) is 23.0 Å². The molecule has 6 heteroatoms. The molecular weight excluding hydrogens is 280 g/mol. The van der Waals surface area contributed by atoms with Crippen LogP contribution >= 0.6 is 0 Å². The van der Waals surface area contributed by atoms with Crippen molar-refractivity contribution in [2.24, 2.45) is 0 Å². The summed E-state index contributed by atoms with van der Waals surface area (Å²) in [4.78, 5) is 11.5. The van der Waals surface area contributed by atoms with E-state index in [0.717, 1.165) is 18.2 Å². The maximum Gasteiger partial charge on any atom is 0.349 e. The summed E-state index contributed by atoms with van der Waals surface area (Å²) in [5, 5.41) is 8.85. The zero-order valence-electron chi connectivity index (χ0n) is 10.7. The lowest BCUT2D eigenvalue weighted by atomic mass is 10.2. The first-order valence-corrected chi connectivity index (χ1v) is 5.88. The highest BCUT2D eigenvalue weighted by Crippen LogP contribution is 2.18. The second-order valence-electron chi connectivity index (χ2n) is 3.95. The van der Waals surface area contributed by atoms with E-state index in [0.29, 0.717) is 0 Å². The van der Waals surface area contributed by atoms with Crippen LogP contribution < -0.4 is 9.47 Å². The highest BCUT2D eigenvalue weighted by atomic mass is 19.2. The van der Waals surface area contributed by atoms with Crippen LogP contribution in [0.2, 0.25) is 0 Å². The van der Waals surface area contributed by atoms with E-state index in [2.05, 4.69) is 0 Å². The summed E-state index contributed by atoms with van der Waals surface area (Å²) < 4.78 is 35.6. The Labute approximate surface area is 119 Å². The van der Waals surface area contributed by atoms with Crippen molar-refractivity contribution in [3.8, 4) is 17.6 Å². The summed E-state index contributed by atoms with van der Waals surface area (Å²) in [6.45, 7) is -0.461. The van der Waals surface area contributed by atoms with Gasteiger partial charge in [-0.3, -0.25) is 0 Å². The lowest BCUT2D eigenvalue weighted by Crippen LogP contribution is -2.18. The predicted octanol–water partition coefficient (Wildman–Crippen LogP) is 2.82. The minimum absolute atomic E-state index is 0.129. The van der Waals surface area contributed by atoms with E-state index < -0.39 is 24.2 Å². The molecule has 0 amide bonds. The molecule has 106 valence electrons. The number of rotatable bonds is 4. The van der Waals surface area contributed by atoms with Crippen LogP contribution in [0.5, 0.6) is 11.5 Å². The lowest BCUT2D eigenvalue weighted by Gasteiger charge is -2.08. The number of ether oxygens (including phenoxy) is 2. The van der Waals surface area contributed by atoms with Gasteiger partial charge in [-0.2, -0.15) is 5.26 Å². The summed E-state index contributed by atoms with van der Waals surface area (Å²) in [6, 6.07) is 11.0. The van der Waals surface area contributed by atoms with Crippen LogP contribution in [0.25, 0.3) is 0 Å². The molecule has 0 aromatic heterocycles. The van der Waals surface area contributed by atoms with Crippen LogP contribution in [0.1, 0.15) is 5.56 Å². The third-order valence-corrected chi connectivity index (χ3v) is 2.48. The summed E-state index contributed by atoms with van der Waals surface area (Å²) in [5.74, 6) is -2.84. The zero-order chi connectivity index (χ0) is 15.2. The van der Waals surface area contributed by atoms with Gasteiger partial charge >= 0.3 is 5.97 Å². The molecule has 0 radical (unpaired) electrons. The molecular formula is C15H9F2NO3. The van der Waals surface area contributed by atoms with Crippen molar-refractivity contribution < 1.29 is 23.0 Å². The maximum atomic E-state index is 12.9. The number of halogens is 2. The van der Waals surface area contributed by atoms with E-state index in [1.807, 2.05) is 6.07 Å². The Hall–Kier alpha value is -2.94. The third-order valence-electron chi connectivity index (χ3n) is 2.48. The Morgan fingerprint density at radius 1 is 1.14 bits per heavy atom. The van der Waals surface area contributed by atoms with Crippen LogP contribution in [-0.2, 0) is 4.79 Å². The Morgan fingerprint density at radius 2 is 1.90 bits per heavy atom. The number of hydrogen-bond acceptors (Lipinski definition) is 4. The summed E-state index contributed by atoms with van der Waals surface area (Å²) in [7, 11) is 0. The minimum Gasteiger partial charge on any atom is -0.481 e. The molecule has 4 nitrogen and oxygen atoms in total. The van der Waals surface area contributed by atoms with Crippen LogP contribution in [0.4, 0.5) is 8.78 Å². The number of esters is 1. The Kier molecular flexibility index (Phi) is 4.46. The number of benzene rings is 2. The van der Waals surface area contributed by atoms with E-state index in [1.54, 1.807) is 12.1 Å². The topological polar surface area (TPSA) is 59.3 Å². The van der Waals surface area contributed by atoms with Crippen LogP contribution in [0.3, 0.4) is 0 Å². The molecule has 21 heavy (non-hydrogen) atoms. The molecule has 0 spiro atoms. The lowest BCUT2D eigenvalue weighted by molar-refractivity contribution is -0.136. The highest BCUT2D eigenvalue weighted by Gasteiger charge is 2.10. The Bertz CT molecular complexity index is 710. The standard InChI is InChI=1S/C15H9F2NO3/c16-12-6-5-11(7-13(12)17)21-15(19)9-20-14-4-2-1-3-10(14)8-18/h1-7H,9H2. The van der Waals surface area contributed by atoms with E-state index in [9.17, 15) is 13.6 Å². The third kappa shape index (κ3) is 3.76. The van der Waals surface area contributed by atoms with Gasteiger partial charge in [0.05, 0.1) is 5.56 Å². The van der Waals surface area contributed by atoms with Gasteiger partial charge in [-0.25, -0.2) is 13.6 Å². The van der Waals surface area contributed by atoms with Gasteiger partial charge in [0.25, 0.3) is 0 Å². The summed E-state index contributed by atoms with van der Waals surface area (Å²) in [5.41, 5.74) is 0.276. The smallest absolute Gasteiger partial charge is 0.349 e. The number of carbonyl (C=O) groups is 1. The van der Waals surface area contributed by atoms with E-state index in [-0.39, 0.29) is 17.1 Å². The first-order valence-electron chi connectivity index (χ1n) is 5.88. The largest absolute Gasteiger partial charge is 0.481 e. The second kappa shape index (κ2) is 6.48. The van der Waals surface area contributed by atoms with Gasteiger partial charge in [0, 0.05) is 6.07 Å². The van der Waals surface area contributed by atoms with Crippen molar-refractivity contribution in [3.05, 3.63) is 59.7 Å². The van der Waals surface area contributed by atoms with Crippen molar-refractivity contribution in [2.45, 2.75) is 0 Å². The zero-order valence-corrected chi connectivity index (χ0v) is 10.7. The molecule has 0 bridgehead atoms. The molecule has 0 unspecified atom stereocenters. The number of nitrogens with zero attached hydrogens (tertiary/aromatic N) is 1. The first kappa shape index (κ1) is 14.5. The number of nitriles is 1. The first-order chi connectivity index (χ1) is 10.1. The molecule has 0 fully saturated rings. The predicted molar refractivity (Wildman–Crippen MR) is 68.6 cm³/mol. The average molecular weight is 289 g/mol. The van der Waals surface area contributed by atoms with Gasteiger partial charge in [0.1, 0.15) is 17.6 Å². The highest BCUT2D eigenvalue weighted by molar-refractivity contribution is 5.74.